The Morgan fingerprint density at radius 3 is 2.24 bits per heavy atom. The molecule has 1 heterocycles. The maximum atomic E-state index is 5.33. The predicted molar refractivity (Wildman–Crippen MR) is 85.4 cm³/mol. The Morgan fingerprint density at radius 1 is 1.12 bits per heavy atom. The second-order valence-corrected chi connectivity index (χ2v) is 11.9. The molecule has 0 aromatic heterocycles. The molecule has 0 spiro atoms. The Bertz CT molecular complexity index is 199. The van der Waals surface area contributed by atoms with Crippen molar-refractivity contribution < 1.29 is 4.74 Å². The van der Waals surface area contributed by atoms with Crippen LogP contribution in [-0.4, -0.2) is 14.9 Å². The summed E-state index contributed by atoms with van der Waals surface area (Å²) in [4.78, 5) is 0. The van der Waals surface area contributed by atoms with Crippen LogP contribution in [0, 0.1) is 5.92 Å². The van der Waals surface area contributed by atoms with Gasteiger partial charge >= 0.3 is 0 Å². The van der Waals surface area contributed by atoms with Crippen molar-refractivity contribution in [2.24, 2.45) is 5.92 Å². The quantitative estimate of drug-likeness (QED) is 0.247. The van der Waals surface area contributed by atoms with E-state index in [9.17, 15) is 0 Å². The minimum Gasteiger partial charge on any atom is -0.373 e. The largest absolute Gasteiger partial charge is 0.373 e. The number of epoxide rings is 1. The highest BCUT2D eigenvalue weighted by Gasteiger charge is 2.36. The normalized spacial score (nSPS) is 21.5. The van der Waals surface area contributed by atoms with Gasteiger partial charge in [-0.3, -0.25) is 0 Å². The Balaban J connectivity index is 2.10. The first-order valence-corrected chi connectivity index (χ1v) is 9.10. The Labute approximate surface area is 131 Å². The van der Waals surface area contributed by atoms with E-state index in [-0.39, 0.29) is 2.14 Å². The third kappa shape index (κ3) is 8.22. The fourth-order valence-electron chi connectivity index (χ4n) is 2.11. The summed E-state index contributed by atoms with van der Waals surface area (Å²) in [6.07, 6.45) is 11.1. The molecule has 4 heteroatoms. The summed E-state index contributed by atoms with van der Waals surface area (Å²) in [6, 6.07) is 0. The topological polar surface area (TPSA) is 12.5 Å². The van der Waals surface area contributed by atoms with Gasteiger partial charge in [-0.1, -0.05) is 93.2 Å². The molecule has 2 unspecified atom stereocenters. The molecule has 17 heavy (non-hydrogen) atoms. The lowest BCUT2D eigenvalue weighted by atomic mass is 9.97. The smallest absolute Gasteiger partial charge is 0.137 e. The highest BCUT2D eigenvalue weighted by Crippen LogP contribution is 2.46. The van der Waals surface area contributed by atoms with Crippen molar-refractivity contribution in [3.63, 3.8) is 0 Å². The van der Waals surface area contributed by atoms with Gasteiger partial charge in [-0.2, -0.15) is 0 Å². The standard InChI is InChI=1S/C13H23Br3O/c1-2-3-4-5-6-7-8-11(13(14,15)16)9-12-10-17-12/h11-12H,2-10H2,1H3. The predicted octanol–water partition coefficient (Wildman–Crippen LogP) is 5.98. The number of halogens is 3. The molecule has 1 nitrogen and oxygen atoms in total. The molecule has 0 aromatic rings. The van der Waals surface area contributed by atoms with Gasteiger partial charge in [0.1, 0.15) is 2.14 Å². The van der Waals surface area contributed by atoms with Crippen molar-refractivity contribution in [1.82, 2.24) is 0 Å². The summed E-state index contributed by atoms with van der Waals surface area (Å²) in [6.45, 7) is 3.22. The van der Waals surface area contributed by atoms with Gasteiger partial charge in [0, 0.05) is 0 Å². The lowest BCUT2D eigenvalue weighted by Crippen LogP contribution is -2.19. The van der Waals surface area contributed by atoms with E-state index in [4.69, 9.17) is 4.74 Å². The van der Waals surface area contributed by atoms with Crippen LogP contribution in [0.25, 0.3) is 0 Å². The highest BCUT2D eigenvalue weighted by atomic mass is 80.0. The van der Waals surface area contributed by atoms with E-state index in [1.165, 1.54) is 44.9 Å². The minimum atomic E-state index is -0.109. The maximum Gasteiger partial charge on any atom is 0.137 e. The summed E-state index contributed by atoms with van der Waals surface area (Å²) >= 11 is 11.0. The average Bonchev–Trinajstić information content (AvgIpc) is 3.03. The van der Waals surface area contributed by atoms with Crippen LogP contribution in [0.3, 0.4) is 0 Å². The summed E-state index contributed by atoms with van der Waals surface area (Å²) in [7, 11) is 0. The second kappa shape index (κ2) is 8.55. The first kappa shape index (κ1) is 16.5. The third-order valence-corrected chi connectivity index (χ3v) is 5.26. The average molecular weight is 435 g/mol. The molecule has 0 saturated carbocycles. The van der Waals surface area contributed by atoms with E-state index in [1.807, 2.05) is 0 Å². The number of alkyl halides is 3. The molecule has 0 N–H and O–H groups in total. The van der Waals surface area contributed by atoms with Gasteiger partial charge < -0.3 is 4.74 Å². The van der Waals surface area contributed by atoms with Crippen LogP contribution in [0.15, 0.2) is 0 Å². The summed E-state index contributed by atoms with van der Waals surface area (Å²) < 4.78 is 5.22. The van der Waals surface area contributed by atoms with Gasteiger partial charge in [-0.25, -0.2) is 0 Å². The zero-order valence-electron chi connectivity index (χ0n) is 10.6. The van der Waals surface area contributed by atoms with Gasteiger partial charge in [-0.05, 0) is 18.8 Å². The summed E-state index contributed by atoms with van der Waals surface area (Å²) in [5.41, 5.74) is 0. The first-order valence-electron chi connectivity index (χ1n) is 6.72. The van der Waals surface area contributed by atoms with Crippen LogP contribution in [0.1, 0.15) is 58.3 Å². The Morgan fingerprint density at radius 2 is 1.71 bits per heavy atom. The van der Waals surface area contributed by atoms with Gasteiger partial charge in [0.05, 0.1) is 12.7 Å². The molecular formula is C13H23Br3O. The number of hydrogen-bond donors (Lipinski definition) is 0. The fourth-order valence-corrected chi connectivity index (χ4v) is 3.36. The Hall–Kier alpha value is 1.40. The van der Waals surface area contributed by atoms with Gasteiger partial charge in [-0.15, -0.1) is 0 Å². The van der Waals surface area contributed by atoms with Crippen LogP contribution in [0.2, 0.25) is 0 Å². The van der Waals surface area contributed by atoms with Crippen LogP contribution >= 0.6 is 47.8 Å². The van der Waals surface area contributed by atoms with Gasteiger partial charge in [0.25, 0.3) is 0 Å². The van der Waals surface area contributed by atoms with E-state index < -0.39 is 0 Å². The molecule has 2 atom stereocenters. The first-order chi connectivity index (χ1) is 8.04. The second-order valence-electron chi connectivity index (χ2n) is 4.99. The monoisotopic (exact) mass is 432 g/mol. The molecule has 0 bridgehead atoms. The number of rotatable bonds is 9. The van der Waals surface area contributed by atoms with Crippen molar-refractivity contribution in [2.45, 2.75) is 66.5 Å². The highest BCUT2D eigenvalue weighted by molar-refractivity contribution is 9.39. The maximum absolute atomic E-state index is 5.33. The van der Waals surface area contributed by atoms with Crippen molar-refractivity contribution in [2.75, 3.05) is 6.61 Å². The SMILES string of the molecule is CCCCCCCCC(CC1CO1)C(Br)(Br)Br. The van der Waals surface area contributed by atoms with Crippen molar-refractivity contribution in [1.29, 1.82) is 0 Å². The molecule has 1 aliphatic rings. The zero-order valence-corrected chi connectivity index (χ0v) is 15.3. The number of unbranched alkanes of at least 4 members (excludes halogenated alkanes) is 5. The number of ether oxygens (including phenoxy) is 1. The van der Waals surface area contributed by atoms with Crippen LogP contribution in [0.5, 0.6) is 0 Å². The Kier molecular flexibility index (Phi) is 8.27. The van der Waals surface area contributed by atoms with Gasteiger partial charge in [0.15, 0.2) is 0 Å². The van der Waals surface area contributed by atoms with Crippen LogP contribution in [-0.2, 0) is 4.74 Å². The number of hydrogen-bond acceptors (Lipinski definition) is 1. The summed E-state index contributed by atoms with van der Waals surface area (Å²) in [5, 5.41) is 0. The van der Waals surface area contributed by atoms with Crippen LogP contribution < -0.4 is 0 Å². The van der Waals surface area contributed by atoms with E-state index in [2.05, 4.69) is 54.7 Å². The van der Waals surface area contributed by atoms with E-state index >= 15 is 0 Å². The van der Waals surface area contributed by atoms with E-state index in [0.717, 1.165) is 13.0 Å². The van der Waals surface area contributed by atoms with Crippen molar-refractivity contribution in [3.8, 4) is 0 Å². The molecule has 1 fully saturated rings. The molecule has 0 aliphatic carbocycles. The van der Waals surface area contributed by atoms with E-state index in [0.29, 0.717) is 12.0 Å². The molecule has 0 radical (unpaired) electrons. The molecule has 0 amide bonds. The van der Waals surface area contributed by atoms with Gasteiger partial charge in [0.2, 0.25) is 0 Å². The molecule has 0 aromatic carbocycles. The van der Waals surface area contributed by atoms with E-state index in [1.54, 1.807) is 0 Å². The zero-order chi connectivity index (χ0) is 12.7. The molecular weight excluding hydrogens is 412 g/mol. The third-order valence-electron chi connectivity index (χ3n) is 3.32. The summed E-state index contributed by atoms with van der Waals surface area (Å²) in [5.74, 6) is 0.598. The lowest BCUT2D eigenvalue weighted by molar-refractivity contribution is 0.344. The molecule has 102 valence electrons. The van der Waals surface area contributed by atoms with Crippen molar-refractivity contribution >= 4 is 47.8 Å². The van der Waals surface area contributed by atoms with Crippen LogP contribution in [0.4, 0.5) is 0 Å². The minimum absolute atomic E-state index is 0.109. The fraction of sp³-hybridized carbons (Fsp3) is 1.00. The van der Waals surface area contributed by atoms with Crippen molar-refractivity contribution in [3.05, 3.63) is 0 Å². The molecule has 1 aliphatic heterocycles. The molecule has 1 rings (SSSR count). The lowest BCUT2D eigenvalue weighted by Gasteiger charge is -2.25. The molecule has 1 saturated heterocycles.